The molecular formula is C13H17BrFNO. The van der Waals surface area contributed by atoms with Crippen LogP contribution in [-0.4, -0.2) is 13.7 Å². The van der Waals surface area contributed by atoms with Gasteiger partial charge < -0.3 is 10.5 Å². The van der Waals surface area contributed by atoms with Gasteiger partial charge in [-0.15, -0.1) is 0 Å². The van der Waals surface area contributed by atoms with E-state index in [2.05, 4.69) is 15.9 Å². The van der Waals surface area contributed by atoms with Crippen molar-refractivity contribution in [3.05, 3.63) is 27.5 Å². The number of ether oxygens (including phenoxy) is 1. The van der Waals surface area contributed by atoms with Crippen LogP contribution in [-0.2, 0) is 5.41 Å². The lowest BCUT2D eigenvalue weighted by Crippen LogP contribution is -2.42. The van der Waals surface area contributed by atoms with E-state index in [1.165, 1.54) is 6.07 Å². The number of halogens is 2. The van der Waals surface area contributed by atoms with Crippen LogP contribution in [0.25, 0.3) is 0 Å². The molecule has 1 saturated carbocycles. The lowest BCUT2D eigenvalue weighted by Gasteiger charge is -2.43. The summed E-state index contributed by atoms with van der Waals surface area (Å²) < 4.78 is 19.9. The van der Waals surface area contributed by atoms with E-state index in [1.54, 1.807) is 14.0 Å². The molecule has 17 heavy (non-hydrogen) atoms. The molecule has 94 valence electrons. The third kappa shape index (κ3) is 1.87. The molecule has 1 aromatic rings. The Hall–Kier alpha value is -0.610. The topological polar surface area (TPSA) is 35.2 Å². The number of hydrogen-bond donors (Lipinski definition) is 1. The molecule has 2 rings (SSSR count). The number of nitrogens with two attached hydrogens (primary N) is 1. The standard InChI is InChI=1S/C13H17BrFNO/c1-8-10(15)6-9(14)12(17-2)11(8)13(7-16)4-3-5-13/h6H,3-5,7,16H2,1-2H3. The summed E-state index contributed by atoms with van der Waals surface area (Å²) in [5, 5.41) is 0. The van der Waals surface area contributed by atoms with Gasteiger partial charge in [0.05, 0.1) is 11.6 Å². The Morgan fingerprint density at radius 2 is 2.18 bits per heavy atom. The van der Waals surface area contributed by atoms with Gasteiger partial charge in [-0.1, -0.05) is 6.42 Å². The summed E-state index contributed by atoms with van der Waals surface area (Å²) in [4.78, 5) is 0. The van der Waals surface area contributed by atoms with Crippen molar-refractivity contribution in [1.29, 1.82) is 0 Å². The second-order valence-electron chi connectivity index (χ2n) is 4.71. The molecule has 0 spiro atoms. The minimum absolute atomic E-state index is 0.0972. The number of methoxy groups -OCH3 is 1. The minimum Gasteiger partial charge on any atom is -0.495 e. The molecule has 0 amide bonds. The van der Waals surface area contributed by atoms with Crippen LogP contribution in [0.5, 0.6) is 5.75 Å². The summed E-state index contributed by atoms with van der Waals surface area (Å²) in [7, 11) is 1.61. The van der Waals surface area contributed by atoms with Gasteiger partial charge in [-0.3, -0.25) is 0 Å². The van der Waals surface area contributed by atoms with Crippen LogP contribution in [0.3, 0.4) is 0 Å². The predicted octanol–water partition coefficient (Wildman–Crippen LogP) is 3.29. The maximum Gasteiger partial charge on any atom is 0.137 e. The molecule has 0 heterocycles. The van der Waals surface area contributed by atoms with E-state index in [0.29, 0.717) is 16.6 Å². The van der Waals surface area contributed by atoms with Gasteiger partial charge >= 0.3 is 0 Å². The van der Waals surface area contributed by atoms with Crippen LogP contribution in [0.2, 0.25) is 0 Å². The second kappa shape index (κ2) is 4.58. The molecule has 0 saturated heterocycles. The van der Waals surface area contributed by atoms with E-state index in [9.17, 15) is 4.39 Å². The van der Waals surface area contributed by atoms with Crippen molar-refractivity contribution in [3.63, 3.8) is 0 Å². The normalized spacial score (nSPS) is 17.7. The molecule has 1 aliphatic carbocycles. The van der Waals surface area contributed by atoms with E-state index in [1.807, 2.05) is 0 Å². The van der Waals surface area contributed by atoms with Crippen molar-refractivity contribution in [2.24, 2.45) is 5.73 Å². The molecule has 0 bridgehead atoms. The summed E-state index contributed by atoms with van der Waals surface area (Å²) in [5.41, 5.74) is 7.41. The Bertz CT molecular complexity index is 438. The molecule has 1 fully saturated rings. The Morgan fingerprint density at radius 1 is 1.53 bits per heavy atom. The second-order valence-corrected chi connectivity index (χ2v) is 5.57. The molecule has 1 aromatic carbocycles. The predicted molar refractivity (Wildman–Crippen MR) is 70.0 cm³/mol. The van der Waals surface area contributed by atoms with Gasteiger partial charge in [0.1, 0.15) is 11.6 Å². The van der Waals surface area contributed by atoms with E-state index >= 15 is 0 Å². The fraction of sp³-hybridized carbons (Fsp3) is 0.538. The van der Waals surface area contributed by atoms with Crippen molar-refractivity contribution >= 4 is 15.9 Å². The summed E-state index contributed by atoms with van der Waals surface area (Å²) in [6.45, 7) is 2.34. The highest BCUT2D eigenvalue weighted by atomic mass is 79.9. The summed E-state index contributed by atoms with van der Waals surface area (Å²) >= 11 is 3.36. The van der Waals surface area contributed by atoms with Crippen LogP contribution in [0.4, 0.5) is 4.39 Å². The van der Waals surface area contributed by atoms with Gasteiger partial charge in [-0.25, -0.2) is 4.39 Å². The minimum atomic E-state index is -0.201. The first-order chi connectivity index (χ1) is 8.05. The first kappa shape index (κ1) is 12.8. The van der Waals surface area contributed by atoms with Crippen molar-refractivity contribution < 1.29 is 9.13 Å². The van der Waals surface area contributed by atoms with Gasteiger partial charge in [-0.05, 0) is 47.3 Å². The average Bonchev–Trinajstić information content (AvgIpc) is 2.24. The zero-order valence-corrected chi connectivity index (χ0v) is 11.7. The van der Waals surface area contributed by atoms with Crippen LogP contribution in [0, 0.1) is 12.7 Å². The largest absolute Gasteiger partial charge is 0.495 e. The van der Waals surface area contributed by atoms with Crippen molar-refractivity contribution in [3.8, 4) is 5.75 Å². The van der Waals surface area contributed by atoms with Gasteiger partial charge in [-0.2, -0.15) is 0 Å². The SMILES string of the molecule is COc1c(Br)cc(F)c(C)c1C1(CN)CCC1. The molecule has 4 heteroatoms. The highest BCUT2D eigenvalue weighted by Crippen LogP contribution is 2.50. The third-order valence-corrected chi connectivity index (χ3v) is 4.46. The van der Waals surface area contributed by atoms with Crippen LogP contribution in [0.15, 0.2) is 10.5 Å². The quantitative estimate of drug-likeness (QED) is 0.930. The van der Waals surface area contributed by atoms with E-state index in [4.69, 9.17) is 10.5 Å². The Labute approximate surface area is 109 Å². The Balaban J connectivity index is 2.65. The van der Waals surface area contributed by atoms with Crippen LogP contribution < -0.4 is 10.5 Å². The smallest absolute Gasteiger partial charge is 0.137 e. The number of benzene rings is 1. The molecule has 2 nitrogen and oxygen atoms in total. The summed E-state index contributed by atoms with van der Waals surface area (Å²) in [6.07, 6.45) is 3.17. The van der Waals surface area contributed by atoms with E-state index in [-0.39, 0.29) is 11.2 Å². The molecule has 1 aliphatic rings. The molecule has 0 atom stereocenters. The van der Waals surface area contributed by atoms with Crippen molar-refractivity contribution in [2.75, 3.05) is 13.7 Å². The van der Waals surface area contributed by atoms with Gasteiger partial charge in [0.2, 0.25) is 0 Å². The lowest BCUT2D eigenvalue weighted by molar-refractivity contribution is 0.240. The van der Waals surface area contributed by atoms with Gasteiger partial charge in [0.15, 0.2) is 0 Å². The van der Waals surface area contributed by atoms with Crippen LogP contribution >= 0.6 is 15.9 Å². The highest BCUT2D eigenvalue weighted by Gasteiger charge is 2.41. The third-order valence-electron chi connectivity index (χ3n) is 3.87. The summed E-state index contributed by atoms with van der Waals surface area (Å²) in [6, 6.07) is 1.46. The zero-order chi connectivity index (χ0) is 12.6. The van der Waals surface area contributed by atoms with Gasteiger partial charge in [0.25, 0.3) is 0 Å². The number of hydrogen-bond acceptors (Lipinski definition) is 2. The van der Waals surface area contributed by atoms with Crippen molar-refractivity contribution in [1.82, 2.24) is 0 Å². The molecule has 0 unspecified atom stereocenters. The number of rotatable bonds is 3. The summed E-state index contributed by atoms with van der Waals surface area (Å²) in [5.74, 6) is 0.529. The maximum atomic E-state index is 13.9. The highest BCUT2D eigenvalue weighted by molar-refractivity contribution is 9.10. The van der Waals surface area contributed by atoms with E-state index in [0.717, 1.165) is 30.6 Å². The maximum absolute atomic E-state index is 13.9. The fourth-order valence-electron chi connectivity index (χ4n) is 2.69. The fourth-order valence-corrected chi connectivity index (χ4v) is 3.25. The van der Waals surface area contributed by atoms with Crippen molar-refractivity contribution in [2.45, 2.75) is 31.6 Å². The molecule has 0 aliphatic heterocycles. The molecular weight excluding hydrogens is 285 g/mol. The Morgan fingerprint density at radius 3 is 2.59 bits per heavy atom. The first-order valence-corrected chi connectivity index (χ1v) is 6.58. The molecule has 0 radical (unpaired) electrons. The zero-order valence-electron chi connectivity index (χ0n) is 10.1. The monoisotopic (exact) mass is 301 g/mol. The van der Waals surface area contributed by atoms with E-state index < -0.39 is 0 Å². The van der Waals surface area contributed by atoms with Crippen LogP contribution in [0.1, 0.15) is 30.4 Å². The lowest BCUT2D eigenvalue weighted by atomic mass is 9.63. The first-order valence-electron chi connectivity index (χ1n) is 5.79. The Kier molecular flexibility index (Phi) is 3.46. The average molecular weight is 302 g/mol. The molecule has 2 N–H and O–H groups in total. The van der Waals surface area contributed by atoms with Gasteiger partial charge in [0, 0.05) is 17.5 Å². The molecule has 0 aromatic heterocycles.